The average Bonchev–Trinajstić information content (AvgIpc) is 3.09. The Hall–Kier alpha value is -5.48. The zero-order valence-corrected chi connectivity index (χ0v) is 32.3. The van der Waals surface area contributed by atoms with Crippen molar-refractivity contribution in [1.29, 1.82) is 0 Å². The second kappa shape index (κ2) is 16.9. The van der Waals surface area contributed by atoms with Crippen LogP contribution >= 0.6 is 0 Å². The molecule has 6 rings (SSSR count). The summed E-state index contributed by atoms with van der Waals surface area (Å²) in [4.78, 5) is 19.6. The number of nitro benzene ring substituents is 2. The summed E-state index contributed by atoms with van der Waals surface area (Å²) in [7, 11) is -9.94. The summed E-state index contributed by atoms with van der Waals surface area (Å²) >= 11 is 0. The quantitative estimate of drug-likeness (QED) is 0.0489. The third-order valence-corrected chi connectivity index (χ3v) is 9.47. The molecule has 0 aliphatic heterocycles. The molecule has 2 N–H and O–H groups in total. The van der Waals surface area contributed by atoms with Crippen LogP contribution in [0.4, 0.5) is 34.1 Å². The maximum absolute atomic E-state index is 11.4. The van der Waals surface area contributed by atoms with E-state index in [0.717, 1.165) is 12.1 Å². The molecule has 0 fully saturated rings. The minimum absolute atomic E-state index is 0. The number of nitrogens with zero attached hydrogens (tertiary/aromatic N) is 6. The molecule has 276 valence electrons. The van der Waals surface area contributed by atoms with Gasteiger partial charge in [0.15, 0.2) is 22.9 Å². The first-order valence-corrected chi connectivity index (χ1v) is 17.9. The van der Waals surface area contributed by atoms with Crippen LogP contribution in [-0.4, -0.2) is 83.7 Å². The van der Waals surface area contributed by atoms with E-state index >= 15 is 0 Å². The Morgan fingerprint density at radius 1 is 0.545 bits per heavy atom. The molecule has 18 nitrogen and oxygen atoms in total. The molecule has 0 saturated carbocycles. The number of nitro groups is 2. The summed E-state index contributed by atoms with van der Waals surface area (Å²) in [6.07, 6.45) is 0. The SMILES string of the molecule is Cc1cccc(N=Nc2c(O)c(S(=O)(=O)[O-])cc3ccccc23)c1[N+](=O)[O-].Cc1cccc(N=Nc2c(O)c(S(=O)(=O)[O-])cc3ccccc23)c1[N+](=O)[O-].[Ca+2]. The van der Waals surface area contributed by atoms with Crippen molar-refractivity contribution in [1.82, 2.24) is 0 Å². The van der Waals surface area contributed by atoms with E-state index in [1.54, 1.807) is 48.5 Å². The molecule has 0 aromatic heterocycles. The first kappa shape index (κ1) is 42.3. The van der Waals surface area contributed by atoms with Gasteiger partial charge in [-0.1, -0.05) is 72.8 Å². The van der Waals surface area contributed by atoms with Crippen molar-refractivity contribution in [3.8, 4) is 11.5 Å². The van der Waals surface area contributed by atoms with Gasteiger partial charge < -0.3 is 19.3 Å². The number of fused-ring (bicyclic) bond motifs is 2. The third-order valence-electron chi connectivity index (χ3n) is 7.77. The van der Waals surface area contributed by atoms with Crippen LogP contribution in [0.5, 0.6) is 11.5 Å². The van der Waals surface area contributed by atoms with E-state index in [2.05, 4.69) is 20.5 Å². The van der Waals surface area contributed by atoms with Gasteiger partial charge in [-0.3, -0.25) is 20.2 Å². The molecule has 0 bridgehead atoms. The van der Waals surface area contributed by atoms with E-state index in [4.69, 9.17) is 0 Å². The fraction of sp³-hybridized carbons (Fsp3) is 0.0588. The second-order valence-electron chi connectivity index (χ2n) is 11.3. The van der Waals surface area contributed by atoms with E-state index in [1.807, 2.05) is 0 Å². The Morgan fingerprint density at radius 2 is 0.891 bits per heavy atom. The summed E-state index contributed by atoms with van der Waals surface area (Å²) < 4.78 is 68.6. The van der Waals surface area contributed by atoms with Gasteiger partial charge in [-0.25, -0.2) is 16.8 Å². The molecule has 0 atom stereocenters. The van der Waals surface area contributed by atoms with Gasteiger partial charge in [0.25, 0.3) is 11.4 Å². The molecular weight excluding hydrogens is 789 g/mol. The van der Waals surface area contributed by atoms with Gasteiger partial charge in [0.05, 0.1) is 19.6 Å². The maximum Gasteiger partial charge on any atom is 2.00 e. The van der Waals surface area contributed by atoms with Gasteiger partial charge in [0, 0.05) is 21.9 Å². The van der Waals surface area contributed by atoms with Crippen LogP contribution in [0.3, 0.4) is 0 Å². The zero-order chi connectivity index (χ0) is 39.5. The van der Waals surface area contributed by atoms with Crippen molar-refractivity contribution in [3.05, 3.63) is 128 Å². The van der Waals surface area contributed by atoms with Crippen molar-refractivity contribution in [3.63, 3.8) is 0 Å². The molecule has 0 spiro atoms. The second-order valence-corrected chi connectivity index (χ2v) is 14.0. The average molecular weight is 813 g/mol. The molecule has 6 aromatic rings. The summed E-state index contributed by atoms with van der Waals surface area (Å²) in [6, 6.07) is 23.7. The van der Waals surface area contributed by atoms with Crippen LogP contribution in [0.15, 0.2) is 127 Å². The number of hydrogen-bond donors (Lipinski definition) is 2. The van der Waals surface area contributed by atoms with Crippen molar-refractivity contribution in [2.45, 2.75) is 23.6 Å². The summed E-state index contributed by atoms with van der Waals surface area (Å²) in [5, 5.41) is 59.7. The number of para-hydroxylation sites is 2. The van der Waals surface area contributed by atoms with E-state index in [-0.39, 0.29) is 71.9 Å². The van der Waals surface area contributed by atoms with Crippen LogP contribution < -0.4 is 0 Å². The Balaban J connectivity index is 0.000000240. The standard InChI is InChI=1S/2C17H13N3O6S.Ca/c2*1-10-5-4-8-13(16(10)20(22)23)18-19-15-12-7-3-2-6-11(12)9-14(17(15)21)27(24,25)26;/h2*2-9,21H,1H3,(H,24,25,26);/q;;+2/p-2. The monoisotopic (exact) mass is 812 g/mol. The Morgan fingerprint density at radius 3 is 1.22 bits per heavy atom. The molecular formula is C34H24CaN6O12S2. The fourth-order valence-electron chi connectivity index (χ4n) is 5.30. The third kappa shape index (κ3) is 9.25. The first-order valence-electron chi connectivity index (χ1n) is 15.1. The molecule has 0 unspecified atom stereocenters. The van der Waals surface area contributed by atoms with Crippen LogP contribution in [-0.2, 0) is 20.2 Å². The van der Waals surface area contributed by atoms with Gasteiger partial charge in [-0.05, 0) is 48.9 Å². The predicted molar refractivity (Wildman–Crippen MR) is 197 cm³/mol. The Labute approximate surface area is 341 Å². The summed E-state index contributed by atoms with van der Waals surface area (Å²) in [5.74, 6) is -1.72. The van der Waals surface area contributed by atoms with E-state index < -0.39 is 51.4 Å². The normalized spacial score (nSPS) is 11.7. The fourth-order valence-corrected chi connectivity index (χ4v) is 6.51. The number of benzene rings is 6. The number of phenolic OH excluding ortho intramolecular Hbond substituents is 2. The predicted octanol–water partition coefficient (Wildman–Crippen LogP) is 7.78. The largest absolute Gasteiger partial charge is 2.00 e. The number of hydrogen-bond acceptors (Lipinski definition) is 16. The Bertz CT molecular complexity index is 2610. The van der Waals surface area contributed by atoms with Gasteiger partial charge in [-0.15, -0.1) is 20.5 Å². The number of rotatable bonds is 8. The zero-order valence-electron chi connectivity index (χ0n) is 28.4. The molecule has 6 aromatic carbocycles. The molecule has 0 saturated heterocycles. The number of azo groups is 2. The van der Waals surface area contributed by atoms with Crippen LogP contribution in [0.25, 0.3) is 21.5 Å². The molecule has 21 heteroatoms. The molecule has 0 aliphatic carbocycles. The van der Waals surface area contributed by atoms with Gasteiger partial charge in [0.1, 0.15) is 31.6 Å². The summed E-state index contributed by atoms with van der Waals surface area (Å²) in [5.41, 5.74) is -0.479. The molecule has 0 radical (unpaired) electrons. The van der Waals surface area contributed by atoms with Crippen LogP contribution in [0.2, 0.25) is 0 Å². The molecule has 0 aliphatic rings. The molecule has 0 heterocycles. The number of aryl methyl sites for hydroxylation is 2. The van der Waals surface area contributed by atoms with Gasteiger partial charge >= 0.3 is 37.7 Å². The smallest absolute Gasteiger partial charge is 0.744 e. The van der Waals surface area contributed by atoms with Gasteiger partial charge in [-0.2, -0.15) is 0 Å². The van der Waals surface area contributed by atoms with Crippen LogP contribution in [0, 0.1) is 34.1 Å². The Kier molecular flexibility index (Phi) is 13.0. The van der Waals surface area contributed by atoms with E-state index in [0.29, 0.717) is 32.7 Å². The maximum atomic E-state index is 11.4. The molecule has 55 heavy (non-hydrogen) atoms. The molecule has 0 amide bonds. The van der Waals surface area contributed by atoms with E-state index in [9.17, 15) is 56.4 Å². The van der Waals surface area contributed by atoms with E-state index in [1.165, 1.54) is 50.2 Å². The number of phenols is 2. The number of aromatic hydroxyl groups is 2. The minimum Gasteiger partial charge on any atom is -0.744 e. The van der Waals surface area contributed by atoms with Crippen molar-refractivity contribution < 1.29 is 46.0 Å². The topological polar surface area (TPSA) is 291 Å². The van der Waals surface area contributed by atoms with Crippen molar-refractivity contribution >= 4 is 114 Å². The van der Waals surface area contributed by atoms with Crippen molar-refractivity contribution in [2.75, 3.05) is 0 Å². The van der Waals surface area contributed by atoms with Crippen molar-refractivity contribution in [2.24, 2.45) is 20.5 Å². The van der Waals surface area contributed by atoms with Crippen LogP contribution in [0.1, 0.15) is 11.1 Å². The minimum atomic E-state index is -4.97. The first-order chi connectivity index (χ1) is 25.4. The summed E-state index contributed by atoms with van der Waals surface area (Å²) in [6.45, 7) is 3.07. The van der Waals surface area contributed by atoms with Gasteiger partial charge in [0.2, 0.25) is 0 Å².